The van der Waals surface area contributed by atoms with Crippen LogP contribution >= 0.6 is 15.9 Å². The standard InChI is InChI=1S/C32H30BrN3O4/c1-32(2,3)31-35-26-14-13-23(33)17-25(26)30(37)36(31)34-18-20-15-27(38-4)29(28(16-20)39-5)40-19-22-11-8-10-21-9-6-7-12-24(21)22/h6-18H,19H2,1-5H3. The molecule has 204 valence electrons. The van der Waals surface area contributed by atoms with Gasteiger partial charge in [0.15, 0.2) is 11.5 Å². The first-order valence-electron chi connectivity index (χ1n) is 12.8. The van der Waals surface area contributed by atoms with Gasteiger partial charge in [0.25, 0.3) is 5.56 Å². The molecule has 0 aliphatic carbocycles. The number of rotatable bonds is 7. The number of benzene rings is 4. The molecule has 4 aromatic carbocycles. The van der Waals surface area contributed by atoms with Crippen LogP contribution in [0, 0.1) is 0 Å². The number of nitrogens with zero attached hydrogens (tertiary/aromatic N) is 3. The highest BCUT2D eigenvalue weighted by atomic mass is 79.9. The molecule has 0 spiro atoms. The second-order valence-electron chi connectivity index (χ2n) is 10.4. The van der Waals surface area contributed by atoms with Crippen LogP contribution < -0.4 is 19.8 Å². The molecule has 0 unspecified atom stereocenters. The van der Waals surface area contributed by atoms with Crippen molar-refractivity contribution in [2.75, 3.05) is 14.2 Å². The van der Waals surface area contributed by atoms with Crippen molar-refractivity contribution in [1.82, 2.24) is 9.66 Å². The van der Waals surface area contributed by atoms with E-state index in [4.69, 9.17) is 19.2 Å². The van der Waals surface area contributed by atoms with Crippen LogP contribution in [0.15, 0.2) is 87.2 Å². The molecule has 0 N–H and O–H groups in total. The van der Waals surface area contributed by atoms with E-state index in [1.165, 1.54) is 4.68 Å². The second kappa shape index (κ2) is 11.1. The minimum absolute atomic E-state index is 0.249. The lowest BCUT2D eigenvalue weighted by Crippen LogP contribution is -2.29. The Morgan fingerprint density at radius 3 is 2.33 bits per heavy atom. The summed E-state index contributed by atoms with van der Waals surface area (Å²) in [5.74, 6) is 2.02. The molecule has 0 bridgehead atoms. The monoisotopic (exact) mass is 599 g/mol. The lowest BCUT2D eigenvalue weighted by atomic mass is 9.95. The Labute approximate surface area is 241 Å². The fraction of sp³-hybridized carbons (Fsp3) is 0.219. The zero-order chi connectivity index (χ0) is 28.4. The van der Waals surface area contributed by atoms with Gasteiger partial charge in [-0.3, -0.25) is 4.79 Å². The van der Waals surface area contributed by atoms with Crippen LogP contribution in [-0.4, -0.2) is 30.1 Å². The normalized spacial score (nSPS) is 11.8. The third-order valence-corrected chi connectivity index (χ3v) is 7.03. The molecule has 5 aromatic rings. The average Bonchev–Trinajstić information content (AvgIpc) is 2.95. The highest BCUT2D eigenvalue weighted by Crippen LogP contribution is 2.39. The second-order valence-corrected chi connectivity index (χ2v) is 11.3. The molecule has 0 atom stereocenters. The van der Waals surface area contributed by atoms with Gasteiger partial charge < -0.3 is 14.2 Å². The quantitative estimate of drug-likeness (QED) is 0.187. The van der Waals surface area contributed by atoms with Crippen molar-refractivity contribution >= 4 is 43.8 Å². The van der Waals surface area contributed by atoms with Crippen LogP contribution in [0.3, 0.4) is 0 Å². The summed E-state index contributed by atoms with van der Waals surface area (Å²) < 4.78 is 19.8. The van der Waals surface area contributed by atoms with E-state index in [-0.39, 0.29) is 5.56 Å². The lowest BCUT2D eigenvalue weighted by Gasteiger charge is -2.21. The van der Waals surface area contributed by atoms with Gasteiger partial charge in [-0.25, -0.2) is 4.98 Å². The van der Waals surface area contributed by atoms with Crippen LogP contribution in [0.2, 0.25) is 0 Å². The number of methoxy groups -OCH3 is 2. The summed E-state index contributed by atoms with van der Waals surface area (Å²) in [6.07, 6.45) is 1.60. The molecule has 0 aliphatic rings. The maximum Gasteiger partial charge on any atom is 0.282 e. The molecule has 0 fully saturated rings. The molecule has 1 aromatic heterocycles. The number of hydrogen-bond donors (Lipinski definition) is 0. The predicted octanol–water partition coefficient (Wildman–Crippen LogP) is 7.09. The Morgan fingerprint density at radius 2 is 1.62 bits per heavy atom. The number of ether oxygens (including phenoxy) is 3. The van der Waals surface area contributed by atoms with Gasteiger partial charge in [-0.05, 0) is 46.7 Å². The van der Waals surface area contributed by atoms with E-state index < -0.39 is 5.41 Å². The average molecular weight is 601 g/mol. The summed E-state index contributed by atoms with van der Waals surface area (Å²) >= 11 is 3.45. The predicted molar refractivity (Wildman–Crippen MR) is 163 cm³/mol. The van der Waals surface area contributed by atoms with E-state index in [1.54, 1.807) is 38.6 Å². The van der Waals surface area contributed by atoms with E-state index in [0.717, 1.165) is 20.8 Å². The van der Waals surface area contributed by atoms with Gasteiger partial charge in [0.2, 0.25) is 5.75 Å². The minimum Gasteiger partial charge on any atom is -0.493 e. The van der Waals surface area contributed by atoms with Gasteiger partial charge in [0.1, 0.15) is 12.4 Å². The minimum atomic E-state index is -0.424. The molecule has 7 nitrogen and oxygen atoms in total. The van der Waals surface area contributed by atoms with Crippen molar-refractivity contribution in [3.8, 4) is 17.2 Å². The molecule has 8 heteroatoms. The van der Waals surface area contributed by atoms with Crippen molar-refractivity contribution in [3.63, 3.8) is 0 Å². The first kappa shape index (κ1) is 27.4. The fourth-order valence-corrected chi connectivity index (χ4v) is 4.91. The van der Waals surface area contributed by atoms with Gasteiger partial charge in [-0.1, -0.05) is 79.2 Å². The maximum absolute atomic E-state index is 13.5. The summed E-state index contributed by atoms with van der Waals surface area (Å²) in [5, 5.41) is 7.33. The van der Waals surface area contributed by atoms with Gasteiger partial charge in [0.05, 0.1) is 31.3 Å². The zero-order valence-electron chi connectivity index (χ0n) is 23.1. The summed E-state index contributed by atoms with van der Waals surface area (Å²) in [5.41, 5.74) is 1.68. The molecule has 0 aliphatic heterocycles. The summed E-state index contributed by atoms with van der Waals surface area (Å²) in [4.78, 5) is 18.3. The topological polar surface area (TPSA) is 74.9 Å². The van der Waals surface area contributed by atoms with Crippen molar-refractivity contribution in [2.45, 2.75) is 32.8 Å². The van der Waals surface area contributed by atoms with E-state index in [0.29, 0.717) is 46.1 Å². The Bertz CT molecular complexity index is 1770. The summed E-state index contributed by atoms with van der Waals surface area (Å²) in [6, 6.07) is 23.4. The van der Waals surface area contributed by atoms with Crippen LogP contribution in [0.4, 0.5) is 0 Å². The molecule has 40 heavy (non-hydrogen) atoms. The van der Waals surface area contributed by atoms with E-state index in [1.807, 2.05) is 57.2 Å². The van der Waals surface area contributed by atoms with Gasteiger partial charge in [0, 0.05) is 15.5 Å². The van der Waals surface area contributed by atoms with Gasteiger partial charge >= 0.3 is 0 Å². The molecule has 5 rings (SSSR count). The number of halogens is 1. The highest BCUT2D eigenvalue weighted by molar-refractivity contribution is 9.10. The van der Waals surface area contributed by atoms with Gasteiger partial charge in [-0.2, -0.15) is 9.78 Å². The van der Waals surface area contributed by atoms with Crippen molar-refractivity contribution < 1.29 is 14.2 Å². The first-order valence-corrected chi connectivity index (χ1v) is 13.6. The Kier molecular flexibility index (Phi) is 7.63. The number of aromatic nitrogens is 2. The smallest absolute Gasteiger partial charge is 0.282 e. The SMILES string of the molecule is COc1cc(C=Nn2c(C(C)(C)C)nc3ccc(Br)cc3c2=O)cc(OC)c1OCc1cccc2ccccc12. The molecule has 1 heterocycles. The summed E-state index contributed by atoms with van der Waals surface area (Å²) in [6.45, 7) is 6.34. The van der Waals surface area contributed by atoms with E-state index >= 15 is 0 Å². The van der Waals surface area contributed by atoms with Crippen LogP contribution in [-0.2, 0) is 12.0 Å². The number of hydrogen-bond acceptors (Lipinski definition) is 6. The van der Waals surface area contributed by atoms with Crippen molar-refractivity contribution in [1.29, 1.82) is 0 Å². The number of fused-ring (bicyclic) bond motifs is 2. The fourth-order valence-electron chi connectivity index (χ4n) is 4.55. The summed E-state index contributed by atoms with van der Waals surface area (Å²) in [7, 11) is 3.15. The largest absolute Gasteiger partial charge is 0.493 e. The zero-order valence-corrected chi connectivity index (χ0v) is 24.7. The molecule has 0 amide bonds. The van der Waals surface area contributed by atoms with Crippen LogP contribution in [0.5, 0.6) is 17.2 Å². The first-order chi connectivity index (χ1) is 19.2. The van der Waals surface area contributed by atoms with Crippen molar-refractivity contribution in [2.24, 2.45) is 5.10 Å². The molecule has 0 saturated heterocycles. The molecule has 0 saturated carbocycles. The molecular weight excluding hydrogens is 570 g/mol. The Morgan fingerprint density at radius 1 is 0.925 bits per heavy atom. The van der Waals surface area contributed by atoms with Crippen molar-refractivity contribution in [3.05, 3.63) is 105 Å². The highest BCUT2D eigenvalue weighted by Gasteiger charge is 2.23. The third-order valence-electron chi connectivity index (χ3n) is 6.54. The molecule has 0 radical (unpaired) electrons. The van der Waals surface area contributed by atoms with Gasteiger partial charge in [-0.15, -0.1) is 0 Å². The Balaban J connectivity index is 1.52. The van der Waals surface area contributed by atoms with E-state index in [9.17, 15) is 4.79 Å². The van der Waals surface area contributed by atoms with Crippen LogP contribution in [0.25, 0.3) is 21.7 Å². The third kappa shape index (κ3) is 5.45. The maximum atomic E-state index is 13.5. The van der Waals surface area contributed by atoms with E-state index in [2.05, 4.69) is 39.2 Å². The molecular formula is C32H30BrN3O4. The Hall–Kier alpha value is -4.17. The lowest BCUT2D eigenvalue weighted by molar-refractivity contribution is 0.267. The van der Waals surface area contributed by atoms with Crippen LogP contribution in [0.1, 0.15) is 37.7 Å².